The molecule has 3 saturated carbocycles. The van der Waals surface area contributed by atoms with Crippen molar-refractivity contribution < 1.29 is 15.0 Å². The third kappa shape index (κ3) is 9.99. The van der Waals surface area contributed by atoms with Gasteiger partial charge in [0.15, 0.2) is 0 Å². The SMILES string of the molecule is C1CC[CH]([Sn]([CH]2CCCCC2)[CH]2CCCCC2)CC1.CO.O=C(O)/C=C/c1ccccc1. The summed E-state index contributed by atoms with van der Waals surface area (Å²) in [6, 6.07) is 9.31. The van der Waals surface area contributed by atoms with Crippen LogP contribution in [0.3, 0.4) is 0 Å². The molecule has 3 aliphatic carbocycles. The van der Waals surface area contributed by atoms with Gasteiger partial charge in [-0.05, 0) is 11.6 Å². The molecular weight excluding hydrogens is 503 g/mol. The van der Waals surface area contributed by atoms with E-state index in [2.05, 4.69) is 0 Å². The molecule has 1 radical (unpaired) electrons. The Morgan fingerprint density at radius 1 is 0.719 bits per heavy atom. The zero-order valence-corrected chi connectivity index (χ0v) is 23.0. The monoisotopic (exact) mass is 549 g/mol. The number of aliphatic hydroxyl groups is 1. The molecule has 3 fully saturated rings. The molecule has 0 aromatic heterocycles. The average Bonchev–Trinajstić information content (AvgIpc) is 2.87. The van der Waals surface area contributed by atoms with Gasteiger partial charge in [0.1, 0.15) is 0 Å². The van der Waals surface area contributed by atoms with Gasteiger partial charge in [-0.25, -0.2) is 4.79 Å². The zero-order valence-electron chi connectivity index (χ0n) is 20.2. The number of carboxylic acid groups (broad SMARTS) is 1. The molecule has 4 rings (SSSR count). The van der Waals surface area contributed by atoms with Gasteiger partial charge in [0, 0.05) is 13.2 Å². The first-order valence-corrected chi connectivity index (χ1v) is 18.0. The van der Waals surface area contributed by atoms with Crippen molar-refractivity contribution in [1.82, 2.24) is 0 Å². The molecule has 0 unspecified atom stereocenters. The van der Waals surface area contributed by atoms with Crippen molar-refractivity contribution in [3.8, 4) is 0 Å². The quantitative estimate of drug-likeness (QED) is 0.291. The van der Waals surface area contributed by atoms with Gasteiger partial charge >= 0.3 is 134 Å². The molecule has 0 amide bonds. The van der Waals surface area contributed by atoms with Crippen molar-refractivity contribution in [2.75, 3.05) is 7.11 Å². The van der Waals surface area contributed by atoms with Crippen LogP contribution in [0, 0.1) is 0 Å². The van der Waals surface area contributed by atoms with E-state index >= 15 is 0 Å². The Labute approximate surface area is 203 Å². The third-order valence-corrected chi connectivity index (χ3v) is 20.5. The van der Waals surface area contributed by atoms with Crippen molar-refractivity contribution in [2.24, 2.45) is 0 Å². The summed E-state index contributed by atoms with van der Waals surface area (Å²) in [5, 5.41) is 15.3. The maximum absolute atomic E-state index is 10.1. The molecule has 1 aromatic carbocycles. The second-order valence-corrected chi connectivity index (χ2v) is 19.4. The Morgan fingerprint density at radius 3 is 1.44 bits per heavy atom. The first kappa shape index (κ1) is 27.4. The van der Waals surface area contributed by atoms with Crippen molar-refractivity contribution in [3.63, 3.8) is 0 Å². The molecule has 0 spiro atoms. The van der Waals surface area contributed by atoms with Crippen LogP contribution in [0.15, 0.2) is 36.4 Å². The van der Waals surface area contributed by atoms with Crippen LogP contribution in [0.2, 0.25) is 11.8 Å². The number of aliphatic hydroxyl groups excluding tert-OH is 1. The van der Waals surface area contributed by atoms with Crippen LogP contribution >= 0.6 is 0 Å². The zero-order chi connectivity index (χ0) is 23.0. The minimum absolute atomic E-state index is 0.898. The third-order valence-electron chi connectivity index (χ3n) is 7.45. The Kier molecular flexibility index (Phi) is 14.4. The summed E-state index contributed by atoms with van der Waals surface area (Å²) in [6.45, 7) is 0. The molecule has 0 aliphatic heterocycles. The molecule has 3 aliphatic rings. The first-order valence-electron chi connectivity index (χ1n) is 13.0. The minimum Gasteiger partial charge on any atom is -0.478 e. The van der Waals surface area contributed by atoms with Crippen molar-refractivity contribution in [2.45, 2.75) is 108 Å². The summed E-state index contributed by atoms with van der Waals surface area (Å²) < 4.78 is 3.96. The molecule has 179 valence electrons. The predicted octanol–water partition coefficient (Wildman–Crippen LogP) is 7.88. The van der Waals surface area contributed by atoms with Gasteiger partial charge in [-0.1, -0.05) is 30.3 Å². The van der Waals surface area contributed by atoms with Crippen LogP contribution in [0.4, 0.5) is 0 Å². The van der Waals surface area contributed by atoms with Gasteiger partial charge in [0.2, 0.25) is 0 Å². The molecule has 0 saturated heterocycles. The molecule has 4 heteroatoms. The van der Waals surface area contributed by atoms with E-state index in [0.717, 1.165) is 18.7 Å². The van der Waals surface area contributed by atoms with E-state index in [1.165, 1.54) is 11.8 Å². The van der Waals surface area contributed by atoms with Crippen LogP contribution in [0.5, 0.6) is 0 Å². The van der Waals surface area contributed by atoms with Crippen LogP contribution in [0.1, 0.15) is 102 Å². The van der Waals surface area contributed by atoms with Crippen LogP contribution in [-0.2, 0) is 4.79 Å². The maximum atomic E-state index is 10.1. The standard InChI is InChI=1S/C9H8O2.3C6H11.CH4O.Sn/c10-9(11)7-6-8-4-2-1-3-5-8;3*1-2-4-6-5-3-1;1-2;/h1-7H,(H,10,11);3*1H,2-6H2;2H,1H3;/b7-6+;;;;;. The molecule has 1 aromatic rings. The summed E-state index contributed by atoms with van der Waals surface area (Å²) in [5.41, 5.74) is 0.898. The summed E-state index contributed by atoms with van der Waals surface area (Å²) in [5.74, 6) is -0.922. The van der Waals surface area contributed by atoms with Crippen molar-refractivity contribution >= 4 is 31.8 Å². The number of hydrogen-bond donors (Lipinski definition) is 2. The number of rotatable bonds is 5. The number of carboxylic acids is 1. The van der Waals surface area contributed by atoms with E-state index in [0.29, 0.717) is 0 Å². The van der Waals surface area contributed by atoms with Crippen LogP contribution < -0.4 is 0 Å². The minimum atomic E-state index is -1.15. The molecule has 0 heterocycles. The summed E-state index contributed by atoms with van der Waals surface area (Å²) in [6.07, 6.45) is 26.9. The Balaban J connectivity index is 0.000000239. The van der Waals surface area contributed by atoms with E-state index in [1.54, 1.807) is 102 Å². The van der Waals surface area contributed by atoms with E-state index in [1.807, 2.05) is 30.3 Å². The normalized spacial score (nSPS) is 20.8. The smallest absolute Gasteiger partial charge is 0.328 e. The van der Waals surface area contributed by atoms with E-state index in [9.17, 15) is 4.79 Å². The fraction of sp³-hybridized carbons (Fsp3) is 0.679. The average molecular weight is 548 g/mol. The Morgan fingerprint density at radius 2 is 1.09 bits per heavy atom. The van der Waals surface area contributed by atoms with Gasteiger partial charge in [0.25, 0.3) is 0 Å². The second kappa shape index (κ2) is 16.7. The van der Waals surface area contributed by atoms with Crippen LogP contribution in [0.25, 0.3) is 6.08 Å². The first-order chi connectivity index (χ1) is 15.7. The van der Waals surface area contributed by atoms with Gasteiger partial charge < -0.3 is 10.2 Å². The van der Waals surface area contributed by atoms with Crippen LogP contribution in [-0.4, -0.2) is 43.1 Å². The molecular formula is C28H45O3Sn. The van der Waals surface area contributed by atoms with E-state index < -0.39 is 25.7 Å². The molecule has 2 N–H and O–H groups in total. The number of carbonyl (C=O) groups is 1. The van der Waals surface area contributed by atoms with Gasteiger partial charge in [-0.15, -0.1) is 0 Å². The maximum Gasteiger partial charge on any atom is 0.328 e. The predicted molar refractivity (Wildman–Crippen MR) is 138 cm³/mol. The fourth-order valence-electron chi connectivity index (χ4n) is 6.04. The fourth-order valence-corrected chi connectivity index (χ4v) is 21.0. The van der Waals surface area contributed by atoms with Gasteiger partial charge in [-0.3, -0.25) is 0 Å². The molecule has 32 heavy (non-hydrogen) atoms. The van der Waals surface area contributed by atoms with Gasteiger partial charge in [0.05, 0.1) is 0 Å². The van der Waals surface area contributed by atoms with Gasteiger partial charge in [-0.2, -0.15) is 0 Å². The van der Waals surface area contributed by atoms with E-state index in [-0.39, 0.29) is 0 Å². The molecule has 0 bridgehead atoms. The second-order valence-electron chi connectivity index (χ2n) is 9.59. The van der Waals surface area contributed by atoms with Crippen molar-refractivity contribution in [3.05, 3.63) is 42.0 Å². The number of aliphatic carboxylic acids is 1. The van der Waals surface area contributed by atoms with Crippen molar-refractivity contribution in [1.29, 1.82) is 0 Å². The summed E-state index contributed by atoms with van der Waals surface area (Å²) in [7, 11) is 1.00. The number of hydrogen-bond acceptors (Lipinski definition) is 2. The summed E-state index contributed by atoms with van der Waals surface area (Å²) >= 11 is -1.15. The Hall–Kier alpha value is -0.811. The number of benzene rings is 1. The topological polar surface area (TPSA) is 57.5 Å². The summed E-state index contributed by atoms with van der Waals surface area (Å²) in [4.78, 5) is 10.1. The molecule has 0 atom stereocenters. The molecule has 3 nitrogen and oxygen atoms in total. The Bertz CT molecular complexity index is 585. The van der Waals surface area contributed by atoms with E-state index in [4.69, 9.17) is 10.2 Å². The largest absolute Gasteiger partial charge is 0.478 e.